The van der Waals surface area contributed by atoms with Crippen LogP contribution in [-0.4, -0.2) is 49.7 Å². The van der Waals surface area contributed by atoms with Gasteiger partial charge in [0.15, 0.2) is 0 Å². The molecule has 1 aromatic rings. The minimum atomic E-state index is -3.43. The zero-order chi connectivity index (χ0) is 16.4. The van der Waals surface area contributed by atoms with Crippen molar-refractivity contribution in [1.29, 1.82) is 0 Å². The molecule has 2 aliphatic rings. The molecular formula is C16H21ClN2O3S. The Morgan fingerprint density at radius 1 is 1.13 bits per heavy atom. The van der Waals surface area contributed by atoms with Crippen LogP contribution < -0.4 is 0 Å². The molecule has 23 heavy (non-hydrogen) atoms. The second-order valence-electron chi connectivity index (χ2n) is 6.20. The lowest BCUT2D eigenvalue weighted by Gasteiger charge is -2.22. The predicted molar refractivity (Wildman–Crippen MR) is 89.6 cm³/mol. The number of sulfonamides is 1. The quantitative estimate of drug-likeness (QED) is 0.830. The molecule has 1 saturated carbocycles. The Balaban J connectivity index is 1.66. The van der Waals surface area contributed by atoms with Crippen LogP contribution in [0.5, 0.6) is 0 Å². The maximum absolute atomic E-state index is 12.6. The Morgan fingerprint density at radius 3 is 2.57 bits per heavy atom. The highest BCUT2D eigenvalue weighted by Crippen LogP contribution is 2.31. The summed E-state index contributed by atoms with van der Waals surface area (Å²) in [5.74, 6) is 0.278. The first-order valence-corrected chi connectivity index (χ1v) is 9.96. The zero-order valence-electron chi connectivity index (χ0n) is 12.9. The first-order chi connectivity index (χ1) is 11.0. The summed E-state index contributed by atoms with van der Waals surface area (Å²) in [5.41, 5.74) is 0.615. The number of carbonyl (C=O) groups excluding carboxylic acids is 1. The fourth-order valence-electron chi connectivity index (χ4n) is 2.88. The molecule has 0 radical (unpaired) electrons. The first kappa shape index (κ1) is 16.7. The Labute approximate surface area is 142 Å². The van der Waals surface area contributed by atoms with E-state index in [0.717, 1.165) is 12.8 Å². The third kappa shape index (κ3) is 4.05. The summed E-state index contributed by atoms with van der Waals surface area (Å²) in [5, 5.41) is 0.469. The van der Waals surface area contributed by atoms with Crippen molar-refractivity contribution in [2.75, 3.05) is 26.2 Å². The van der Waals surface area contributed by atoms with Crippen LogP contribution >= 0.6 is 11.6 Å². The van der Waals surface area contributed by atoms with E-state index in [1.807, 2.05) is 4.90 Å². The summed E-state index contributed by atoms with van der Waals surface area (Å²) < 4.78 is 26.8. The Hall–Kier alpha value is -1.11. The summed E-state index contributed by atoms with van der Waals surface area (Å²) in [6, 6.07) is 7.01. The topological polar surface area (TPSA) is 57.7 Å². The average Bonchev–Trinajstić information content (AvgIpc) is 3.35. The fraction of sp³-hybridized carbons (Fsp3) is 0.562. The van der Waals surface area contributed by atoms with Crippen molar-refractivity contribution < 1.29 is 13.2 Å². The maximum Gasteiger partial charge on any atom is 0.225 e. The lowest BCUT2D eigenvalue weighted by molar-refractivity contribution is -0.132. The summed E-state index contributed by atoms with van der Waals surface area (Å²) in [4.78, 5) is 14.0. The summed E-state index contributed by atoms with van der Waals surface area (Å²) in [6.45, 7) is 1.96. The molecule has 1 amide bonds. The number of nitrogens with zero attached hydrogens (tertiary/aromatic N) is 2. The van der Waals surface area contributed by atoms with E-state index in [1.165, 1.54) is 4.31 Å². The lowest BCUT2D eigenvalue weighted by Crippen LogP contribution is -2.38. The maximum atomic E-state index is 12.6. The SMILES string of the molecule is O=C(C1CC1)N1CCCN(S(=O)(=O)Cc2ccccc2Cl)CC1. The Bertz CT molecular complexity index is 688. The van der Waals surface area contributed by atoms with E-state index < -0.39 is 10.0 Å². The minimum Gasteiger partial charge on any atom is -0.341 e. The molecule has 0 atom stereocenters. The molecule has 0 aromatic heterocycles. The van der Waals surface area contributed by atoms with Gasteiger partial charge in [-0.2, -0.15) is 4.31 Å². The van der Waals surface area contributed by atoms with E-state index in [0.29, 0.717) is 43.2 Å². The molecular weight excluding hydrogens is 336 g/mol. The molecule has 1 heterocycles. The van der Waals surface area contributed by atoms with Gasteiger partial charge in [-0.05, 0) is 30.9 Å². The highest BCUT2D eigenvalue weighted by molar-refractivity contribution is 7.88. The van der Waals surface area contributed by atoms with Gasteiger partial charge in [0.25, 0.3) is 0 Å². The van der Waals surface area contributed by atoms with E-state index in [4.69, 9.17) is 11.6 Å². The van der Waals surface area contributed by atoms with E-state index in [9.17, 15) is 13.2 Å². The largest absolute Gasteiger partial charge is 0.341 e. The van der Waals surface area contributed by atoms with Crippen LogP contribution in [0.4, 0.5) is 0 Å². The van der Waals surface area contributed by atoms with Gasteiger partial charge in [-0.1, -0.05) is 29.8 Å². The van der Waals surface area contributed by atoms with E-state index >= 15 is 0 Å². The van der Waals surface area contributed by atoms with Gasteiger partial charge in [-0.15, -0.1) is 0 Å². The summed E-state index contributed by atoms with van der Waals surface area (Å²) >= 11 is 6.07. The number of carbonyl (C=O) groups is 1. The fourth-order valence-corrected chi connectivity index (χ4v) is 4.76. The number of halogens is 1. The van der Waals surface area contributed by atoms with Crippen molar-refractivity contribution in [3.8, 4) is 0 Å². The van der Waals surface area contributed by atoms with Crippen LogP contribution in [0.15, 0.2) is 24.3 Å². The molecule has 1 aliphatic heterocycles. The van der Waals surface area contributed by atoms with Crippen molar-refractivity contribution in [3.05, 3.63) is 34.9 Å². The van der Waals surface area contributed by atoms with Gasteiger partial charge in [0.1, 0.15) is 0 Å². The van der Waals surface area contributed by atoms with Crippen LogP contribution in [0.25, 0.3) is 0 Å². The van der Waals surface area contributed by atoms with Crippen LogP contribution in [0.3, 0.4) is 0 Å². The second kappa shape index (κ2) is 6.79. The van der Waals surface area contributed by atoms with Gasteiger partial charge in [0.2, 0.25) is 15.9 Å². The van der Waals surface area contributed by atoms with E-state index in [2.05, 4.69) is 0 Å². The third-order valence-electron chi connectivity index (χ3n) is 4.38. The van der Waals surface area contributed by atoms with Crippen molar-refractivity contribution >= 4 is 27.5 Å². The molecule has 0 unspecified atom stereocenters. The smallest absolute Gasteiger partial charge is 0.225 e. The van der Waals surface area contributed by atoms with Crippen molar-refractivity contribution in [3.63, 3.8) is 0 Å². The minimum absolute atomic E-state index is 0.0940. The van der Waals surface area contributed by atoms with Crippen LogP contribution in [0.2, 0.25) is 5.02 Å². The van der Waals surface area contributed by atoms with Crippen LogP contribution in [0, 0.1) is 5.92 Å². The van der Waals surface area contributed by atoms with Gasteiger partial charge >= 0.3 is 0 Å². The molecule has 0 bridgehead atoms. The molecule has 3 rings (SSSR count). The van der Waals surface area contributed by atoms with Crippen LogP contribution in [-0.2, 0) is 20.6 Å². The number of amides is 1. The molecule has 0 N–H and O–H groups in total. The lowest BCUT2D eigenvalue weighted by atomic mass is 10.2. The van der Waals surface area contributed by atoms with Gasteiger partial charge < -0.3 is 4.90 Å². The molecule has 7 heteroatoms. The molecule has 1 aliphatic carbocycles. The molecule has 1 aromatic carbocycles. The number of hydrogen-bond acceptors (Lipinski definition) is 3. The third-order valence-corrected chi connectivity index (χ3v) is 6.58. The molecule has 5 nitrogen and oxygen atoms in total. The Morgan fingerprint density at radius 2 is 1.87 bits per heavy atom. The second-order valence-corrected chi connectivity index (χ2v) is 8.58. The average molecular weight is 357 g/mol. The number of hydrogen-bond donors (Lipinski definition) is 0. The van der Waals surface area contributed by atoms with Crippen molar-refractivity contribution in [2.24, 2.45) is 5.92 Å². The monoisotopic (exact) mass is 356 g/mol. The molecule has 126 valence electrons. The highest BCUT2D eigenvalue weighted by atomic mass is 35.5. The van der Waals surface area contributed by atoms with Crippen molar-refractivity contribution in [2.45, 2.75) is 25.0 Å². The Kier molecular flexibility index (Phi) is 4.94. The number of rotatable bonds is 4. The zero-order valence-corrected chi connectivity index (χ0v) is 14.5. The van der Waals surface area contributed by atoms with E-state index in [-0.39, 0.29) is 17.6 Å². The van der Waals surface area contributed by atoms with Crippen LogP contribution in [0.1, 0.15) is 24.8 Å². The molecule has 0 spiro atoms. The highest BCUT2D eigenvalue weighted by Gasteiger charge is 2.35. The van der Waals surface area contributed by atoms with Gasteiger partial charge in [0, 0.05) is 37.1 Å². The molecule has 1 saturated heterocycles. The summed E-state index contributed by atoms with van der Waals surface area (Å²) in [7, 11) is -3.43. The normalized spacial score (nSPS) is 20.3. The number of benzene rings is 1. The first-order valence-electron chi connectivity index (χ1n) is 7.97. The summed E-state index contributed by atoms with van der Waals surface area (Å²) in [6.07, 6.45) is 2.63. The predicted octanol–water partition coefficient (Wildman–Crippen LogP) is 2.11. The van der Waals surface area contributed by atoms with Crippen molar-refractivity contribution in [1.82, 2.24) is 9.21 Å². The van der Waals surface area contributed by atoms with Gasteiger partial charge in [-0.3, -0.25) is 4.79 Å². The molecule has 2 fully saturated rings. The standard InChI is InChI=1S/C16H21ClN2O3S/c17-15-5-2-1-4-14(15)12-23(21,22)19-9-3-8-18(10-11-19)16(20)13-6-7-13/h1-2,4-5,13H,3,6-12H2. The van der Waals surface area contributed by atoms with E-state index in [1.54, 1.807) is 24.3 Å². The van der Waals surface area contributed by atoms with Gasteiger partial charge in [-0.25, -0.2) is 8.42 Å². The van der Waals surface area contributed by atoms with Gasteiger partial charge in [0.05, 0.1) is 5.75 Å².